The smallest absolute Gasteiger partial charge is 0.0616 e. The van der Waals surface area contributed by atoms with Gasteiger partial charge in [0.15, 0.2) is 0 Å². The van der Waals surface area contributed by atoms with Crippen molar-refractivity contribution in [2.75, 3.05) is 4.90 Å². The number of aryl methyl sites for hydroxylation is 3. The first-order valence-corrected chi connectivity index (χ1v) is 61.6. The molecule has 0 N–H and O–H groups in total. The van der Waals surface area contributed by atoms with E-state index in [0.717, 1.165) is 5.69 Å². The third kappa shape index (κ3) is 14.2. The van der Waals surface area contributed by atoms with Crippen molar-refractivity contribution in [3.05, 3.63) is 284 Å². The zero-order valence-electron chi connectivity index (χ0n) is 55.9. The number of rotatable bonds is 11. The Kier molecular flexibility index (Phi) is 19.0. The fourth-order valence-electron chi connectivity index (χ4n) is 12.6. The summed E-state index contributed by atoms with van der Waals surface area (Å²) in [7, 11) is 0. The Labute approximate surface area is 548 Å². The van der Waals surface area contributed by atoms with E-state index >= 15 is 0 Å². The van der Waals surface area contributed by atoms with Gasteiger partial charge in [-0.3, -0.25) is 0 Å². The first kappa shape index (κ1) is 64.4. The van der Waals surface area contributed by atoms with Gasteiger partial charge in [-0.2, -0.15) is 0 Å². The predicted molar refractivity (Wildman–Crippen MR) is 412 cm³/mol. The van der Waals surface area contributed by atoms with Crippen molar-refractivity contribution in [1.82, 2.24) is 0 Å². The molecule has 0 unspecified atom stereocenters. The van der Waals surface area contributed by atoms with Crippen LogP contribution < -0.4 is 22.5 Å². The van der Waals surface area contributed by atoms with Gasteiger partial charge in [0.1, 0.15) is 0 Å². The van der Waals surface area contributed by atoms with Gasteiger partial charge in [0.25, 0.3) is 0 Å². The number of hydrogen-bond donors (Lipinski definition) is 0. The molecule has 90 heavy (non-hydrogen) atoms. The molecule has 0 saturated heterocycles. The first-order valence-electron chi connectivity index (χ1n) is 32.2. The number of hydrogen-bond acceptors (Lipinski definition) is 1. The molecule has 0 spiro atoms. The van der Waals surface area contributed by atoms with Crippen LogP contribution in [0.2, 0.25) is 69.1 Å². The summed E-state index contributed by atoms with van der Waals surface area (Å²) in [6, 6.07) is 100. The normalized spacial score (nSPS) is 11.9. The molecule has 0 amide bonds. The molecule has 13 rings (SSSR count). The SMILES string of the molecule is Cc1cc[c]([Ge]([CH3])([CH3])[CH3])cc1.Cc1cc[c]([Ge]([CH3])([CH3])[CH3])cc1.Cc1ccc(-c2c3ccccc3c(-c3cccc(-c4c5ccccc5c(-c5ccc(N(c6cc[c]([Ge]([CH3])([CH3])[CH3])cc6)c6cc[c]([Ge]([CH3])([CH3])[CH3])cc6)cc5)c5ccccc45)c3)c3ccccc23)cc1. The van der Waals surface area contributed by atoms with Crippen LogP contribution >= 0.6 is 0 Å². The molecule has 0 atom stereocenters. The molecule has 0 fully saturated rings. The zero-order chi connectivity index (χ0) is 63.7. The van der Waals surface area contributed by atoms with E-state index in [1.54, 1.807) is 8.79 Å². The van der Waals surface area contributed by atoms with E-state index in [0.29, 0.717) is 0 Å². The molecule has 0 aromatic heterocycles. The van der Waals surface area contributed by atoms with E-state index in [-0.39, 0.29) is 0 Å². The molecule has 13 aromatic carbocycles. The average Bonchev–Trinajstić information content (AvgIpc) is 1.16. The van der Waals surface area contributed by atoms with E-state index in [1.165, 1.54) is 124 Å². The third-order valence-electron chi connectivity index (χ3n) is 17.9. The quantitative estimate of drug-likeness (QED) is 0.0922. The van der Waals surface area contributed by atoms with Crippen LogP contribution in [0.5, 0.6) is 0 Å². The fourth-order valence-corrected chi connectivity index (χ4v) is 22.4. The van der Waals surface area contributed by atoms with E-state index in [2.05, 4.69) is 362 Å². The van der Waals surface area contributed by atoms with Crippen molar-refractivity contribution in [3.63, 3.8) is 0 Å². The second-order valence-corrected chi connectivity index (χ2v) is 71.4. The molecule has 0 radical (unpaired) electrons. The van der Waals surface area contributed by atoms with Gasteiger partial charge in [0, 0.05) is 0 Å². The molecular formula is C85H89Ge4N. The summed E-state index contributed by atoms with van der Waals surface area (Å²) in [6.07, 6.45) is 0. The van der Waals surface area contributed by atoms with Crippen LogP contribution in [0, 0.1) is 20.8 Å². The summed E-state index contributed by atoms with van der Waals surface area (Å²) in [5, 5.41) is 10.1. The Morgan fingerprint density at radius 1 is 0.200 bits per heavy atom. The minimum atomic E-state index is -2.00. The molecule has 13 aromatic rings. The number of fused-ring (bicyclic) bond motifs is 4. The second kappa shape index (κ2) is 26.6. The molecule has 1 nitrogen and oxygen atoms in total. The minimum absolute atomic E-state index is 1.15. The maximum atomic E-state index is 2.47. The molecule has 0 saturated carbocycles. The standard InChI is InChI=1S/C65H57Ge2N.2C10H16Ge/c1-44-27-29-45(30-28-44)62-54-19-8-12-23-58(54)64(59-24-13-9-20-55(59)62)47-17-16-18-48(43-47)65-60-25-14-10-21-56(60)63(57-22-11-15-26-61(57)65)46-31-37-51(38-32-46)68(52-39-33-49(34-40-52)66(2,3)4)53-41-35-50(36-42-53)67(5,6)7;2*1-9-5-7-10(8-6-9)11(2,3)4/h8-43H,1-7H3;2*5-8H,1-4H3. The summed E-state index contributed by atoms with van der Waals surface area (Å²) in [6.45, 7) is 6.43. The van der Waals surface area contributed by atoms with Gasteiger partial charge in [0.05, 0.1) is 0 Å². The summed E-state index contributed by atoms with van der Waals surface area (Å²) < 4.78 is 6.22. The summed E-state index contributed by atoms with van der Waals surface area (Å²) in [5.41, 5.74) is 17.5. The average molecular weight is 1420 g/mol. The van der Waals surface area contributed by atoms with Crippen LogP contribution in [-0.2, 0) is 0 Å². The Bertz CT molecular complexity index is 4430. The van der Waals surface area contributed by atoms with E-state index in [1.807, 2.05) is 0 Å². The van der Waals surface area contributed by atoms with E-state index < -0.39 is 53.1 Å². The van der Waals surface area contributed by atoms with Gasteiger partial charge in [-0.25, -0.2) is 0 Å². The molecular weight excluding hydrogens is 1330 g/mol. The topological polar surface area (TPSA) is 3.24 Å². The predicted octanol–water partition coefficient (Wildman–Crippen LogP) is 22.9. The van der Waals surface area contributed by atoms with Crippen LogP contribution in [0.25, 0.3) is 87.6 Å². The molecule has 0 aliphatic rings. The first-order chi connectivity index (χ1) is 42.9. The molecule has 0 heterocycles. The number of anilines is 3. The van der Waals surface area contributed by atoms with Crippen LogP contribution in [0.3, 0.4) is 0 Å². The molecule has 0 aliphatic carbocycles. The van der Waals surface area contributed by atoms with Gasteiger partial charge in [-0.1, -0.05) is 133 Å². The van der Waals surface area contributed by atoms with E-state index in [9.17, 15) is 0 Å². The molecule has 5 heteroatoms. The monoisotopic (exact) mass is 1420 g/mol. The van der Waals surface area contributed by atoms with Crippen molar-refractivity contribution in [1.29, 1.82) is 0 Å². The van der Waals surface area contributed by atoms with Gasteiger partial charge in [-0.05, 0) is 67.9 Å². The summed E-state index contributed by atoms with van der Waals surface area (Å²) >= 11 is -7.05. The Hall–Kier alpha value is -7.13. The van der Waals surface area contributed by atoms with Crippen molar-refractivity contribution >= 4 is 131 Å². The zero-order valence-corrected chi connectivity index (χ0v) is 64.2. The molecule has 0 bridgehead atoms. The summed E-state index contributed by atoms with van der Waals surface area (Å²) in [4.78, 5) is 2.43. The third-order valence-corrected chi connectivity index (χ3v) is 35.2. The van der Waals surface area contributed by atoms with Gasteiger partial charge in [0.2, 0.25) is 0 Å². The minimum Gasteiger partial charge on any atom is -0.0616 e. The number of nitrogens with zero attached hydrogens (tertiary/aromatic N) is 1. The Morgan fingerprint density at radius 2 is 0.400 bits per heavy atom. The fraction of sp³-hybridized carbons (Fsp3) is 0.176. The van der Waals surface area contributed by atoms with Crippen LogP contribution in [0.4, 0.5) is 17.1 Å². The van der Waals surface area contributed by atoms with Crippen molar-refractivity contribution in [3.8, 4) is 44.5 Å². The van der Waals surface area contributed by atoms with Gasteiger partial charge < -0.3 is 0 Å². The van der Waals surface area contributed by atoms with Crippen molar-refractivity contribution < 1.29 is 0 Å². The van der Waals surface area contributed by atoms with Crippen molar-refractivity contribution in [2.24, 2.45) is 0 Å². The van der Waals surface area contributed by atoms with Crippen LogP contribution in [0.15, 0.2) is 267 Å². The van der Waals surface area contributed by atoms with E-state index in [4.69, 9.17) is 0 Å². The number of benzene rings is 13. The Balaban J connectivity index is 0.000000319. The van der Waals surface area contributed by atoms with Crippen molar-refractivity contribution in [2.45, 2.75) is 89.8 Å². The Morgan fingerprint density at radius 3 is 0.644 bits per heavy atom. The van der Waals surface area contributed by atoms with Crippen LogP contribution in [0.1, 0.15) is 16.7 Å². The van der Waals surface area contributed by atoms with Crippen LogP contribution in [-0.4, -0.2) is 53.1 Å². The van der Waals surface area contributed by atoms with Gasteiger partial charge in [-0.15, -0.1) is 0 Å². The second-order valence-electron chi connectivity index (χ2n) is 28.8. The maximum absolute atomic E-state index is 2.47. The van der Waals surface area contributed by atoms with Gasteiger partial charge >= 0.3 is 353 Å². The molecule has 450 valence electrons. The summed E-state index contributed by atoms with van der Waals surface area (Å²) in [5.74, 6) is 29.3. The molecule has 0 aliphatic heterocycles.